The molecule has 0 bridgehead atoms. The molecule has 1 N–H and O–H groups in total. The Kier molecular flexibility index (Phi) is 5.43. The average Bonchev–Trinajstić information content (AvgIpc) is 3.21. The van der Waals surface area contributed by atoms with Gasteiger partial charge in [-0.3, -0.25) is 9.36 Å². The van der Waals surface area contributed by atoms with Crippen LogP contribution in [0.2, 0.25) is 0 Å². The van der Waals surface area contributed by atoms with E-state index < -0.39 is 0 Å². The van der Waals surface area contributed by atoms with Crippen molar-refractivity contribution in [3.8, 4) is 17.3 Å². The van der Waals surface area contributed by atoms with Gasteiger partial charge < -0.3 is 14.8 Å². The molecule has 3 aromatic rings. The summed E-state index contributed by atoms with van der Waals surface area (Å²) in [6.45, 7) is 0. The Morgan fingerprint density at radius 2 is 1.85 bits per heavy atom. The molecule has 1 amide bonds. The van der Waals surface area contributed by atoms with E-state index in [9.17, 15) is 4.79 Å². The van der Waals surface area contributed by atoms with Crippen molar-refractivity contribution in [3.05, 3.63) is 54.7 Å². The van der Waals surface area contributed by atoms with Crippen LogP contribution in [-0.4, -0.2) is 39.9 Å². The van der Waals surface area contributed by atoms with Gasteiger partial charge in [-0.15, -0.1) is 10.2 Å². The maximum atomic E-state index is 12.2. The number of methoxy groups -OCH3 is 2. The smallest absolute Gasteiger partial charge is 0.224 e. The van der Waals surface area contributed by atoms with E-state index in [-0.39, 0.29) is 5.91 Å². The summed E-state index contributed by atoms with van der Waals surface area (Å²) in [4.78, 5) is 16.4. The highest BCUT2D eigenvalue weighted by molar-refractivity contribution is 5.90. The van der Waals surface area contributed by atoms with Crippen molar-refractivity contribution in [2.24, 2.45) is 0 Å². The molecule has 26 heavy (non-hydrogen) atoms. The molecular weight excluding hydrogens is 334 g/mol. The zero-order chi connectivity index (χ0) is 18.4. The summed E-state index contributed by atoms with van der Waals surface area (Å²) in [6.07, 6.45) is 5.66. The number of pyridine rings is 1. The molecule has 0 aliphatic heterocycles. The first-order chi connectivity index (χ1) is 12.7. The number of ether oxygens (including phenoxy) is 2. The van der Waals surface area contributed by atoms with Crippen LogP contribution in [0, 0.1) is 0 Å². The van der Waals surface area contributed by atoms with Crippen LogP contribution in [0.25, 0.3) is 5.82 Å². The van der Waals surface area contributed by atoms with Crippen molar-refractivity contribution < 1.29 is 14.3 Å². The van der Waals surface area contributed by atoms with Crippen LogP contribution in [0.1, 0.15) is 12.0 Å². The molecule has 2 heterocycles. The highest BCUT2D eigenvalue weighted by atomic mass is 16.5. The van der Waals surface area contributed by atoms with Gasteiger partial charge in [-0.25, -0.2) is 4.98 Å². The summed E-state index contributed by atoms with van der Waals surface area (Å²) in [5.74, 6) is 1.91. The van der Waals surface area contributed by atoms with Crippen LogP contribution in [0.4, 0.5) is 5.69 Å². The van der Waals surface area contributed by atoms with Gasteiger partial charge in [-0.05, 0) is 36.2 Å². The van der Waals surface area contributed by atoms with Gasteiger partial charge in [0.1, 0.15) is 18.5 Å². The number of amides is 1. The molecule has 2 aromatic heterocycles. The number of nitrogens with zero attached hydrogens (tertiary/aromatic N) is 4. The van der Waals surface area contributed by atoms with Crippen molar-refractivity contribution in [1.29, 1.82) is 0 Å². The molecule has 0 saturated heterocycles. The summed E-state index contributed by atoms with van der Waals surface area (Å²) in [6, 6.07) is 9.20. The minimum Gasteiger partial charge on any atom is -0.493 e. The molecular formula is C18H19N5O3. The number of nitrogens with one attached hydrogen (secondary N) is 1. The van der Waals surface area contributed by atoms with Crippen LogP contribution >= 0.6 is 0 Å². The summed E-state index contributed by atoms with van der Waals surface area (Å²) >= 11 is 0. The number of hydrogen-bond acceptors (Lipinski definition) is 6. The molecule has 8 nitrogen and oxygen atoms in total. The first kappa shape index (κ1) is 17.4. The lowest BCUT2D eigenvalue weighted by molar-refractivity contribution is -0.116. The fourth-order valence-electron chi connectivity index (χ4n) is 2.45. The van der Waals surface area contributed by atoms with Gasteiger partial charge in [0, 0.05) is 6.42 Å². The number of carbonyl (C=O) groups is 1. The SMILES string of the molecule is COc1ccc(CCC(=O)Nc2ccc(-n3cnnc3)nc2)cc1OC. The molecule has 1 aromatic carbocycles. The number of rotatable bonds is 7. The predicted molar refractivity (Wildman–Crippen MR) is 95.7 cm³/mol. The second-order valence-corrected chi connectivity index (χ2v) is 5.51. The molecule has 0 aliphatic carbocycles. The van der Waals surface area contributed by atoms with Crippen LogP contribution in [-0.2, 0) is 11.2 Å². The van der Waals surface area contributed by atoms with Crippen LogP contribution < -0.4 is 14.8 Å². The van der Waals surface area contributed by atoms with E-state index >= 15 is 0 Å². The van der Waals surface area contributed by atoms with Crippen molar-refractivity contribution in [3.63, 3.8) is 0 Å². The number of carbonyl (C=O) groups excluding carboxylic acids is 1. The van der Waals surface area contributed by atoms with Crippen LogP contribution in [0.5, 0.6) is 11.5 Å². The maximum Gasteiger partial charge on any atom is 0.224 e. The van der Waals surface area contributed by atoms with Gasteiger partial charge in [-0.2, -0.15) is 0 Å². The Morgan fingerprint density at radius 3 is 2.50 bits per heavy atom. The molecule has 0 unspecified atom stereocenters. The first-order valence-electron chi connectivity index (χ1n) is 8.01. The third-order valence-electron chi connectivity index (χ3n) is 3.80. The van der Waals surface area contributed by atoms with Crippen LogP contribution in [0.3, 0.4) is 0 Å². The lowest BCUT2D eigenvalue weighted by Gasteiger charge is -2.10. The van der Waals surface area contributed by atoms with E-state index in [0.29, 0.717) is 35.8 Å². The third-order valence-corrected chi connectivity index (χ3v) is 3.80. The predicted octanol–water partition coefficient (Wildman–Crippen LogP) is 2.25. The van der Waals surface area contributed by atoms with E-state index in [2.05, 4.69) is 20.5 Å². The summed E-state index contributed by atoms with van der Waals surface area (Å²) in [7, 11) is 3.18. The maximum absolute atomic E-state index is 12.2. The van der Waals surface area contributed by atoms with Gasteiger partial charge in [0.2, 0.25) is 5.91 Å². The van der Waals surface area contributed by atoms with Crippen LogP contribution in [0.15, 0.2) is 49.2 Å². The number of anilines is 1. The molecule has 0 fully saturated rings. The minimum atomic E-state index is -0.0846. The molecule has 8 heteroatoms. The molecule has 0 saturated carbocycles. The fraction of sp³-hybridized carbons (Fsp3) is 0.222. The van der Waals surface area contributed by atoms with Crippen molar-refractivity contribution in [2.45, 2.75) is 12.8 Å². The number of benzene rings is 1. The second-order valence-electron chi connectivity index (χ2n) is 5.51. The Hall–Kier alpha value is -3.42. The first-order valence-corrected chi connectivity index (χ1v) is 8.01. The highest BCUT2D eigenvalue weighted by Crippen LogP contribution is 2.28. The zero-order valence-corrected chi connectivity index (χ0v) is 14.5. The van der Waals surface area contributed by atoms with Gasteiger partial charge in [-0.1, -0.05) is 6.07 Å². The molecule has 134 valence electrons. The number of aromatic nitrogens is 4. The summed E-state index contributed by atoms with van der Waals surface area (Å²) in [5.41, 5.74) is 1.64. The molecule has 0 atom stereocenters. The molecule has 0 aliphatic rings. The van der Waals surface area contributed by atoms with E-state index in [1.165, 1.54) is 0 Å². The Balaban J connectivity index is 1.56. The monoisotopic (exact) mass is 353 g/mol. The summed E-state index contributed by atoms with van der Waals surface area (Å²) in [5, 5.41) is 10.3. The quantitative estimate of drug-likeness (QED) is 0.700. The molecule has 3 rings (SSSR count). The molecule has 0 radical (unpaired) electrons. The second kappa shape index (κ2) is 8.11. The van der Waals surface area contributed by atoms with E-state index in [1.807, 2.05) is 18.2 Å². The topological polar surface area (TPSA) is 91.2 Å². The normalized spacial score (nSPS) is 10.4. The lowest BCUT2D eigenvalue weighted by atomic mass is 10.1. The van der Waals surface area contributed by atoms with Crippen molar-refractivity contribution in [1.82, 2.24) is 19.7 Å². The van der Waals surface area contributed by atoms with Crippen molar-refractivity contribution >= 4 is 11.6 Å². The fourth-order valence-corrected chi connectivity index (χ4v) is 2.45. The Bertz CT molecular complexity index is 863. The van der Waals surface area contributed by atoms with E-state index in [0.717, 1.165) is 5.56 Å². The number of aryl methyl sites for hydroxylation is 1. The number of hydrogen-bond donors (Lipinski definition) is 1. The van der Waals surface area contributed by atoms with Gasteiger partial charge in [0.05, 0.1) is 26.1 Å². The van der Waals surface area contributed by atoms with Gasteiger partial charge >= 0.3 is 0 Å². The van der Waals surface area contributed by atoms with E-state index in [1.54, 1.807) is 49.8 Å². The zero-order valence-electron chi connectivity index (χ0n) is 14.5. The average molecular weight is 353 g/mol. The Labute approximate surface area is 150 Å². The van der Waals surface area contributed by atoms with E-state index in [4.69, 9.17) is 9.47 Å². The van der Waals surface area contributed by atoms with Gasteiger partial charge in [0.25, 0.3) is 0 Å². The third kappa shape index (κ3) is 4.15. The standard InChI is InChI=1S/C18H19N5O3/c1-25-15-6-3-13(9-16(15)26-2)4-8-18(24)22-14-5-7-17(19-10-14)23-11-20-21-12-23/h3,5-7,9-12H,4,8H2,1-2H3,(H,22,24). The Morgan fingerprint density at radius 1 is 1.08 bits per heavy atom. The van der Waals surface area contributed by atoms with Gasteiger partial charge in [0.15, 0.2) is 11.5 Å². The minimum absolute atomic E-state index is 0.0846. The summed E-state index contributed by atoms with van der Waals surface area (Å²) < 4.78 is 12.2. The van der Waals surface area contributed by atoms with Crippen molar-refractivity contribution in [2.75, 3.05) is 19.5 Å². The highest BCUT2D eigenvalue weighted by Gasteiger charge is 2.08. The lowest BCUT2D eigenvalue weighted by Crippen LogP contribution is -2.12. The molecule has 0 spiro atoms. The largest absolute Gasteiger partial charge is 0.493 e.